The molecule has 2 aromatic heterocycles. The van der Waals surface area contributed by atoms with Crippen LogP contribution >= 0.6 is 15.9 Å². The van der Waals surface area contributed by atoms with Crippen LogP contribution in [0.4, 0.5) is 0 Å². The molecule has 0 saturated carbocycles. The number of halogens is 1. The van der Waals surface area contributed by atoms with Gasteiger partial charge in [0.1, 0.15) is 11.3 Å². The van der Waals surface area contributed by atoms with Gasteiger partial charge in [0.25, 0.3) is 5.91 Å². The molecule has 0 aliphatic rings. The number of aryl methyl sites for hydroxylation is 1. The number of hydrogen-bond donors (Lipinski definition) is 1. The maximum Gasteiger partial charge on any atom is 0.270 e. The van der Waals surface area contributed by atoms with E-state index in [0.29, 0.717) is 12.2 Å². The van der Waals surface area contributed by atoms with Gasteiger partial charge in [-0.1, -0.05) is 0 Å². The summed E-state index contributed by atoms with van der Waals surface area (Å²) in [6, 6.07) is 3.78. The van der Waals surface area contributed by atoms with Crippen LogP contribution in [0.2, 0.25) is 0 Å². The fourth-order valence-electron chi connectivity index (χ4n) is 1.65. The lowest BCUT2D eigenvalue weighted by atomic mass is 10.3. The molecule has 2 heterocycles. The Morgan fingerprint density at radius 1 is 1.56 bits per heavy atom. The van der Waals surface area contributed by atoms with Gasteiger partial charge >= 0.3 is 0 Å². The van der Waals surface area contributed by atoms with Crippen molar-refractivity contribution in [3.05, 3.63) is 34.2 Å². The monoisotopic (exact) mass is 281 g/mol. The Kier molecular flexibility index (Phi) is 2.96. The molecule has 1 N–H and O–H groups in total. The van der Waals surface area contributed by atoms with Gasteiger partial charge in [-0.25, -0.2) is 4.98 Å². The Bertz CT molecular complexity index is 547. The highest BCUT2D eigenvalue weighted by Gasteiger charge is 2.15. The molecule has 0 spiro atoms. The van der Waals surface area contributed by atoms with Crippen LogP contribution in [0.15, 0.2) is 22.8 Å². The normalized spacial score (nSPS) is 10.7. The average Bonchev–Trinajstić information content (AvgIpc) is 2.53. The molecule has 84 valence electrons. The standard InChI is InChI=1S/C11H12BrN3O/c1-3-13-11(16)10-7(2)14-9-5-4-8(12)6-15(9)10/h4-6H,3H2,1-2H3,(H,13,16). The molecule has 0 aliphatic heterocycles. The van der Waals surface area contributed by atoms with Gasteiger partial charge in [0, 0.05) is 17.2 Å². The van der Waals surface area contributed by atoms with Gasteiger partial charge in [-0.05, 0) is 41.9 Å². The van der Waals surface area contributed by atoms with Crippen LogP contribution in [-0.2, 0) is 0 Å². The lowest BCUT2D eigenvalue weighted by Crippen LogP contribution is -2.24. The average molecular weight is 282 g/mol. The summed E-state index contributed by atoms with van der Waals surface area (Å²) in [5.74, 6) is -0.0920. The highest BCUT2D eigenvalue weighted by atomic mass is 79.9. The zero-order chi connectivity index (χ0) is 11.7. The molecular formula is C11H12BrN3O. The molecule has 1 amide bonds. The van der Waals surface area contributed by atoms with Crippen molar-refractivity contribution >= 4 is 27.5 Å². The molecule has 0 unspecified atom stereocenters. The van der Waals surface area contributed by atoms with E-state index >= 15 is 0 Å². The zero-order valence-corrected chi connectivity index (χ0v) is 10.7. The van der Waals surface area contributed by atoms with Crippen LogP contribution in [0, 0.1) is 6.92 Å². The van der Waals surface area contributed by atoms with Gasteiger partial charge in [-0.3, -0.25) is 9.20 Å². The van der Waals surface area contributed by atoms with Crippen molar-refractivity contribution in [2.24, 2.45) is 0 Å². The largest absolute Gasteiger partial charge is 0.351 e. The number of carbonyl (C=O) groups excluding carboxylic acids is 1. The second-order valence-electron chi connectivity index (χ2n) is 3.48. The number of rotatable bonds is 2. The minimum absolute atomic E-state index is 0.0920. The Hall–Kier alpha value is -1.36. The van der Waals surface area contributed by atoms with Crippen LogP contribution in [0.5, 0.6) is 0 Å². The van der Waals surface area contributed by atoms with Gasteiger partial charge < -0.3 is 5.32 Å². The molecule has 0 atom stereocenters. The first-order valence-corrected chi connectivity index (χ1v) is 5.85. The van der Waals surface area contributed by atoms with Crippen molar-refractivity contribution in [1.29, 1.82) is 0 Å². The molecule has 0 saturated heterocycles. The van der Waals surface area contributed by atoms with Crippen LogP contribution in [-0.4, -0.2) is 21.8 Å². The maximum atomic E-state index is 11.9. The van der Waals surface area contributed by atoms with Crippen LogP contribution in [0.1, 0.15) is 23.1 Å². The zero-order valence-electron chi connectivity index (χ0n) is 9.12. The minimum atomic E-state index is -0.0920. The predicted octanol–water partition coefficient (Wildman–Crippen LogP) is 2.15. The molecule has 0 fully saturated rings. The van der Waals surface area contributed by atoms with Crippen molar-refractivity contribution in [3.63, 3.8) is 0 Å². The van der Waals surface area contributed by atoms with Gasteiger partial charge in [0.15, 0.2) is 0 Å². The number of carbonyl (C=O) groups is 1. The van der Waals surface area contributed by atoms with E-state index in [0.717, 1.165) is 15.8 Å². The summed E-state index contributed by atoms with van der Waals surface area (Å²) in [7, 11) is 0. The Morgan fingerprint density at radius 2 is 2.31 bits per heavy atom. The van der Waals surface area contributed by atoms with Crippen LogP contribution in [0.3, 0.4) is 0 Å². The first kappa shape index (κ1) is 11.1. The summed E-state index contributed by atoms with van der Waals surface area (Å²) < 4.78 is 2.72. The number of pyridine rings is 1. The Balaban J connectivity index is 2.62. The number of imidazole rings is 1. The number of nitrogens with zero attached hydrogens (tertiary/aromatic N) is 2. The summed E-state index contributed by atoms with van der Waals surface area (Å²) in [5.41, 5.74) is 2.11. The topological polar surface area (TPSA) is 46.4 Å². The Morgan fingerprint density at radius 3 is 3.00 bits per heavy atom. The SMILES string of the molecule is CCNC(=O)c1c(C)nc2ccc(Br)cn12. The molecule has 5 heteroatoms. The lowest BCUT2D eigenvalue weighted by Gasteiger charge is -2.03. The van der Waals surface area contributed by atoms with E-state index in [1.165, 1.54) is 0 Å². The summed E-state index contributed by atoms with van der Waals surface area (Å²) in [6.07, 6.45) is 1.85. The van der Waals surface area contributed by atoms with Crippen molar-refractivity contribution in [2.45, 2.75) is 13.8 Å². The van der Waals surface area contributed by atoms with Gasteiger partial charge in [-0.2, -0.15) is 0 Å². The molecule has 0 bridgehead atoms. The number of nitrogens with one attached hydrogen (secondary N) is 1. The third kappa shape index (κ3) is 1.82. The van der Waals surface area contributed by atoms with Crippen LogP contribution < -0.4 is 5.32 Å². The van der Waals surface area contributed by atoms with E-state index in [9.17, 15) is 4.79 Å². The van der Waals surface area contributed by atoms with Crippen molar-refractivity contribution < 1.29 is 4.79 Å². The summed E-state index contributed by atoms with van der Waals surface area (Å²) in [5, 5.41) is 2.79. The van der Waals surface area contributed by atoms with E-state index < -0.39 is 0 Å². The van der Waals surface area contributed by atoms with E-state index in [-0.39, 0.29) is 5.91 Å². The second-order valence-corrected chi connectivity index (χ2v) is 4.40. The van der Waals surface area contributed by atoms with Gasteiger partial charge in [-0.15, -0.1) is 0 Å². The first-order chi connectivity index (χ1) is 7.63. The molecular weight excluding hydrogens is 270 g/mol. The van der Waals surface area contributed by atoms with E-state index in [4.69, 9.17) is 0 Å². The lowest BCUT2D eigenvalue weighted by molar-refractivity contribution is 0.0949. The van der Waals surface area contributed by atoms with E-state index in [2.05, 4.69) is 26.2 Å². The molecule has 16 heavy (non-hydrogen) atoms. The fraction of sp³-hybridized carbons (Fsp3) is 0.273. The molecule has 4 nitrogen and oxygen atoms in total. The molecule has 0 aliphatic carbocycles. The maximum absolute atomic E-state index is 11.9. The summed E-state index contributed by atoms with van der Waals surface area (Å²) >= 11 is 3.38. The highest BCUT2D eigenvalue weighted by molar-refractivity contribution is 9.10. The second kappa shape index (κ2) is 4.25. The first-order valence-electron chi connectivity index (χ1n) is 5.06. The van der Waals surface area contributed by atoms with Crippen molar-refractivity contribution in [2.75, 3.05) is 6.54 Å². The minimum Gasteiger partial charge on any atom is -0.351 e. The van der Waals surface area contributed by atoms with Gasteiger partial charge in [0.05, 0.1) is 5.69 Å². The number of hydrogen-bond acceptors (Lipinski definition) is 2. The quantitative estimate of drug-likeness (QED) is 0.917. The van der Waals surface area contributed by atoms with E-state index in [1.807, 2.05) is 32.2 Å². The number of aromatic nitrogens is 2. The third-order valence-electron chi connectivity index (χ3n) is 2.31. The van der Waals surface area contributed by atoms with Crippen molar-refractivity contribution in [1.82, 2.24) is 14.7 Å². The van der Waals surface area contributed by atoms with E-state index in [1.54, 1.807) is 4.40 Å². The third-order valence-corrected chi connectivity index (χ3v) is 2.78. The molecule has 0 aromatic carbocycles. The number of amides is 1. The molecule has 0 radical (unpaired) electrons. The Labute approximate surface area is 102 Å². The number of fused-ring (bicyclic) bond motifs is 1. The van der Waals surface area contributed by atoms with Gasteiger partial charge in [0.2, 0.25) is 0 Å². The molecule has 2 aromatic rings. The smallest absolute Gasteiger partial charge is 0.270 e. The van der Waals surface area contributed by atoms with Crippen LogP contribution in [0.25, 0.3) is 5.65 Å². The molecule has 2 rings (SSSR count). The summed E-state index contributed by atoms with van der Waals surface area (Å²) in [4.78, 5) is 16.2. The highest BCUT2D eigenvalue weighted by Crippen LogP contribution is 2.16. The predicted molar refractivity (Wildman–Crippen MR) is 65.6 cm³/mol. The summed E-state index contributed by atoms with van der Waals surface area (Å²) in [6.45, 7) is 4.34. The van der Waals surface area contributed by atoms with Crippen molar-refractivity contribution in [3.8, 4) is 0 Å². The fourth-order valence-corrected chi connectivity index (χ4v) is 1.99.